The molecule has 3 fully saturated rings. The standard InChI is InChI=1S/C25H40N4O2/c1-19(2)27-12-14-28(15-13-27)23-7-16-31-25(18-23)8-10-29(11-9-25)24(30)26-22-6-5-20(3)21(4)17-22/h5-6,17,19,23H,7-16,18H2,1-4H3,(H,26,30). The van der Waals surface area contributed by atoms with Crippen LogP contribution in [0.2, 0.25) is 0 Å². The van der Waals surface area contributed by atoms with Gasteiger partial charge in [-0.25, -0.2) is 4.79 Å². The van der Waals surface area contributed by atoms with Crippen LogP contribution in [0.1, 0.15) is 50.7 Å². The van der Waals surface area contributed by atoms with Crippen molar-refractivity contribution >= 4 is 11.7 Å². The van der Waals surface area contributed by atoms with Gasteiger partial charge >= 0.3 is 6.03 Å². The molecule has 0 radical (unpaired) electrons. The summed E-state index contributed by atoms with van der Waals surface area (Å²) in [4.78, 5) is 20.0. The molecule has 1 aromatic rings. The number of carbonyl (C=O) groups is 1. The van der Waals surface area contributed by atoms with E-state index in [-0.39, 0.29) is 11.6 Å². The Hall–Kier alpha value is -1.63. The first-order valence-corrected chi connectivity index (χ1v) is 12.1. The number of nitrogens with zero attached hydrogens (tertiary/aromatic N) is 3. The third-order valence-electron chi connectivity index (χ3n) is 7.78. The van der Waals surface area contributed by atoms with Crippen molar-refractivity contribution in [1.29, 1.82) is 0 Å². The minimum atomic E-state index is -0.0463. The highest BCUT2D eigenvalue weighted by Crippen LogP contribution is 2.37. The van der Waals surface area contributed by atoms with E-state index in [0.29, 0.717) is 12.1 Å². The lowest BCUT2D eigenvalue weighted by molar-refractivity contribution is -0.132. The van der Waals surface area contributed by atoms with Gasteiger partial charge in [0.25, 0.3) is 0 Å². The molecular weight excluding hydrogens is 388 g/mol. The van der Waals surface area contributed by atoms with E-state index >= 15 is 0 Å². The van der Waals surface area contributed by atoms with Crippen LogP contribution >= 0.6 is 0 Å². The molecule has 3 heterocycles. The Morgan fingerprint density at radius 1 is 1.06 bits per heavy atom. The first kappa shape index (κ1) is 22.6. The van der Waals surface area contributed by atoms with E-state index < -0.39 is 0 Å². The average Bonchev–Trinajstić information content (AvgIpc) is 2.77. The smallest absolute Gasteiger partial charge is 0.321 e. The number of amides is 2. The molecule has 172 valence electrons. The Bertz CT molecular complexity index is 765. The molecule has 3 saturated heterocycles. The molecule has 0 aromatic heterocycles. The van der Waals surface area contributed by atoms with Crippen molar-refractivity contribution in [3.8, 4) is 0 Å². The lowest BCUT2D eigenvalue weighted by Crippen LogP contribution is -2.58. The molecule has 4 rings (SSSR count). The fourth-order valence-corrected chi connectivity index (χ4v) is 5.42. The van der Waals surface area contributed by atoms with Crippen LogP contribution in [0.4, 0.5) is 10.5 Å². The highest BCUT2D eigenvalue weighted by molar-refractivity contribution is 5.89. The molecule has 1 spiro atoms. The zero-order chi connectivity index (χ0) is 22.0. The first-order chi connectivity index (χ1) is 14.8. The normalized spacial score (nSPS) is 25.2. The van der Waals surface area contributed by atoms with Gasteiger partial charge in [-0.2, -0.15) is 0 Å². The maximum Gasteiger partial charge on any atom is 0.321 e. The summed E-state index contributed by atoms with van der Waals surface area (Å²) in [6, 6.07) is 7.37. The number of ether oxygens (including phenoxy) is 1. The topological polar surface area (TPSA) is 48.1 Å². The molecular formula is C25H40N4O2. The Kier molecular flexibility index (Phi) is 6.89. The summed E-state index contributed by atoms with van der Waals surface area (Å²) in [5, 5.41) is 3.08. The number of hydrogen-bond acceptors (Lipinski definition) is 4. The molecule has 6 nitrogen and oxygen atoms in total. The van der Waals surface area contributed by atoms with Gasteiger partial charge in [-0.05, 0) is 76.6 Å². The summed E-state index contributed by atoms with van der Waals surface area (Å²) in [6.07, 6.45) is 4.13. The lowest BCUT2D eigenvalue weighted by atomic mass is 9.81. The van der Waals surface area contributed by atoms with Crippen LogP contribution in [0.15, 0.2) is 18.2 Å². The van der Waals surface area contributed by atoms with Gasteiger partial charge in [0.2, 0.25) is 0 Å². The maximum atomic E-state index is 12.8. The van der Waals surface area contributed by atoms with Crippen molar-refractivity contribution in [3.63, 3.8) is 0 Å². The first-order valence-electron chi connectivity index (χ1n) is 12.1. The van der Waals surface area contributed by atoms with Crippen LogP contribution < -0.4 is 5.32 Å². The number of rotatable bonds is 3. The summed E-state index contributed by atoms with van der Waals surface area (Å²) in [5.41, 5.74) is 3.27. The third-order valence-corrected chi connectivity index (χ3v) is 7.78. The molecule has 31 heavy (non-hydrogen) atoms. The molecule has 2 amide bonds. The summed E-state index contributed by atoms with van der Waals surface area (Å²) in [5.74, 6) is 0. The van der Waals surface area contributed by atoms with Gasteiger partial charge in [-0.15, -0.1) is 0 Å². The van der Waals surface area contributed by atoms with E-state index in [1.54, 1.807) is 0 Å². The minimum absolute atomic E-state index is 0.00951. The molecule has 3 aliphatic heterocycles. The fraction of sp³-hybridized carbons (Fsp3) is 0.720. The van der Waals surface area contributed by atoms with Crippen LogP contribution in [-0.2, 0) is 4.74 Å². The number of nitrogens with one attached hydrogen (secondary N) is 1. The molecule has 1 N–H and O–H groups in total. The van der Waals surface area contributed by atoms with Crippen LogP contribution in [-0.4, -0.2) is 84.3 Å². The SMILES string of the molecule is Cc1ccc(NC(=O)N2CCC3(CC2)CC(N2CCN(C(C)C)CC2)CCO3)cc1C. The molecule has 0 saturated carbocycles. The third kappa shape index (κ3) is 5.24. The summed E-state index contributed by atoms with van der Waals surface area (Å²) < 4.78 is 6.37. The second-order valence-corrected chi connectivity index (χ2v) is 10.1. The predicted octanol–water partition coefficient (Wildman–Crippen LogP) is 3.87. The number of benzene rings is 1. The number of anilines is 1. The van der Waals surface area contributed by atoms with Crippen molar-refractivity contribution in [1.82, 2.24) is 14.7 Å². The Morgan fingerprint density at radius 3 is 2.42 bits per heavy atom. The van der Waals surface area contributed by atoms with Crippen molar-refractivity contribution < 1.29 is 9.53 Å². The molecule has 1 aromatic carbocycles. The zero-order valence-electron chi connectivity index (χ0n) is 19.8. The van der Waals surface area contributed by atoms with Crippen molar-refractivity contribution in [2.24, 2.45) is 0 Å². The van der Waals surface area contributed by atoms with Gasteiger partial charge in [0, 0.05) is 63.6 Å². The Balaban J connectivity index is 1.29. The second-order valence-electron chi connectivity index (χ2n) is 10.1. The fourth-order valence-electron chi connectivity index (χ4n) is 5.42. The number of piperidine rings is 1. The van der Waals surface area contributed by atoms with Gasteiger partial charge < -0.3 is 15.0 Å². The van der Waals surface area contributed by atoms with Crippen LogP contribution in [0, 0.1) is 13.8 Å². The number of hydrogen-bond donors (Lipinski definition) is 1. The summed E-state index contributed by atoms with van der Waals surface area (Å²) in [6.45, 7) is 15.8. The van der Waals surface area contributed by atoms with Gasteiger partial charge in [-0.3, -0.25) is 9.80 Å². The van der Waals surface area contributed by atoms with E-state index in [0.717, 1.165) is 51.1 Å². The van der Waals surface area contributed by atoms with E-state index in [4.69, 9.17) is 4.74 Å². The zero-order valence-corrected chi connectivity index (χ0v) is 19.8. The molecule has 1 atom stereocenters. The number of likely N-dealkylation sites (tertiary alicyclic amines) is 1. The quantitative estimate of drug-likeness (QED) is 0.794. The Labute approximate surface area is 187 Å². The van der Waals surface area contributed by atoms with Crippen molar-refractivity contribution in [2.75, 3.05) is 51.2 Å². The highest BCUT2D eigenvalue weighted by atomic mass is 16.5. The maximum absolute atomic E-state index is 12.8. The molecule has 0 aliphatic carbocycles. The molecule has 6 heteroatoms. The number of urea groups is 1. The predicted molar refractivity (Wildman–Crippen MR) is 126 cm³/mol. The number of aryl methyl sites for hydroxylation is 2. The van der Waals surface area contributed by atoms with Gasteiger partial charge in [0.15, 0.2) is 0 Å². The monoisotopic (exact) mass is 428 g/mol. The summed E-state index contributed by atoms with van der Waals surface area (Å²) in [7, 11) is 0. The number of carbonyl (C=O) groups excluding carboxylic acids is 1. The van der Waals surface area contributed by atoms with Crippen LogP contribution in [0.3, 0.4) is 0 Å². The van der Waals surface area contributed by atoms with Crippen LogP contribution in [0.25, 0.3) is 0 Å². The highest BCUT2D eigenvalue weighted by Gasteiger charge is 2.43. The Morgan fingerprint density at radius 2 is 1.77 bits per heavy atom. The molecule has 3 aliphatic rings. The van der Waals surface area contributed by atoms with Gasteiger partial charge in [0.05, 0.1) is 5.60 Å². The molecule has 1 unspecified atom stereocenters. The lowest BCUT2D eigenvalue weighted by Gasteiger charge is -2.50. The second kappa shape index (κ2) is 9.47. The summed E-state index contributed by atoms with van der Waals surface area (Å²) >= 11 is 0. The number of piperazine rings is 1. The van der Waals surface area contributed by atoms with Gasteiger partial charge in [0.1, 0.15) is 0 Å². The van der Waals surface area contributed by atoms with E-state index in [1.807, 2.05) is 17.0 Å². The van der Waals surface area contributed by atoms with Crippen molar-refractivity contribution in [2.45, 2.75) is 71.1 Å². The largest absolute Gasteiger partial charge is 0.375 e. The van der Waals surface area contributed by atoms with E-state index in [9.17, 15) is 4.79 Å². The average molecular weight is 429 g/mol. The van der Waals surface area contributed by atoms with Gasteiger partial charge in [-0.1, -0.05) is 6.07 Å². The van der Waals surface area contributed by atoms with E-state index in [2.05, 4.69) is 48.9 Å². The molecule has 0 bridgehead atoms. The van der Waals surface area contributed by atoms with Crippen LogP contribution in [0.5, 0.6) is 0 Å². The van der Waals surface area contributed by atoms with E-state index in [1.165, 1.54) is 37.3 Å². The van der Waals surface area contributed by atoms with Crippen molar-refractivity contribution in [3.05, 3.63) is 29.3 Å². The minimum Gasteiger partial charge on any atom is -0.375 e.